The zero-order chi connectivity index (χ0) is 17.5. The Balaban J connectivity index is 0.00000312. The van der Waals surface area contributed by atoms with E-state index in [4.69, 9.17) is 0 Å². The second kappa shape index (κ2) is 10.3. The lowest BCUT2D eigenvalue weighted by Gasteiger charge is -2.13. The highest BCUT2D eigenvalue weighted by molar-refractivity contribution is 14.0. The number of carbonyl (C=O) groups excluding carboxylic acids is 1. The van der Waals surface area contributed by atoms with Gasteiger partial charge in [0.25, 0.3) is 0 Å². The van der Waals surface area contributed by atoms with Crippen LogP contribution >= 0.6 is 24.0 Å². The molecular formula is C18H28IN5O. The predicted octanol–water partition coefficient (Wildman–Crippen LogP) is 2.28. The van der Waals surface area contributed by atoms with Crippen LogP contribution in [0, 0.1) is 6.92 Å². The van der Waals surface area contributed by atoms with E-state index in [0.29, 0.717) is 13.0 Å². The van der Waals surface area contributed by atoms with Crippen LogP contribution in [-0.4, -0.2) is 56.0 Å². The van der Waals surface area contributed by atoms with Crippen LogP contribution in [0.4, 0.5) is 0 Å². The molecule has 0 aliphatic heterocycles. The Morgan fingerprint density at radius 2 is 1.96 bits per heavy atom. The Bertz CT molecular complexity index is 723. The molecular weight excluding hydrogens is 429 g/mol. The van der Waals surface area contributed by atoms with Gasteiger partial charge in [0.1, 0.15) is 0 Å². The van der Waals surface area contributed by atoms with E-state index in [-0.39, 0.29) is 29.9 Å². The molecule has 1 aromatic carbocycles. The van der Waals surface area contributed by atoms with E-state index in [2.05, 4.69) is 51.9 Å². The molecule has 25 heavy (non-hydrogen) atoms. The Hall–Kier alpha value is -1.77. The first-order valence-corrected chi connectivity index (χ1v) is 8.22. The van der Waals surface area contributed by atoms with Crippen molar-refractivity contribution in [3.63, 3.8) is 0 Å². The molecule has 0 radical (unpaired) electrons. The number of halogens is 1. The summed E-state index contributed by atoms with van der Waals surface area (Å²) in [6, 6.07) is 6.46. The minimum Gasteiger partial charge on any atom is -0.361 e. The molecule has 0 fully saturated rings. The third-order valence-electron chi connectivity index (χ3n) is 3.96. The number of nitrogens with one attached hydrogen (secondary N) is 3. The average molecular weight is 457 g/mol. The number of aromatic nitrogens is 1. The van der Waals surface area contributed by atoms with Gasteiger partial charge in [-0.3, -0.25) is 9.79 Å². The quantitative estimate of drug-likeness (QED) is 0.354. The molecule has 0 spiro atoms. The Labute approximate surface area is 166 Å². The lowest BCUT2D eigenvalue weighted by molar-refractivity contribution is -0.128. The predicted molar refractivity (Wildman–Crippen MR) is 115 cm³/mol. The maximum Gasteiger partial charge on any atom is 0.223 e. The minimum atomic E-state index is 0. The summed E-state index contributed by atoms with van der Waals surface area (Å²) in [6.45, 7) is 3.45. The van der Waals surface area contributed by atoms with Crippen LogP contribution in [0.15, 0.2) is 29.4 Å². The van der Waals surface area contributed by atoms with Gasteiger partial charge in [-0.25, -0.2) is 0 Å². The average Bonchev–Trinajstić information content (AvgIpc) is 2.95. The summed E-state index contributed by atoms with van der Waals surface area (Å²) in [4.78, 5) is 20.7. The first kappa shape index (κ1) is 21.3. The third kappa shape index (κ3) is 6.22. The molecule has 2 aromatic rings. The standard InChI is InChI=1S/C18H27N5O.HI/c1-13-5-6-15-14(12-22-16(15)11-13)7-9-20-18(19-2)21-10-8-17(24)23(3)4;/h5-6,11-12,22H,7-10H2,1-4H3,(H2,19,20,21);1H. The van der Waals surface area contributed by atoms with Gasteiger partial charge in [-0.15, -0.1) is 24.0 Å². The van der Waals surface area contributed by atoms with Crippen molar-refractivity contribution in [3.05, 3.63) is 35.5 Å². The van der Waals surface area contributed by atoms with E-state index in [9.17, 15) is 4.79 Å². The van der Waals surface area contributed by atoms with Crippen molar-refractivity contribution >= 4 is 46.7 Å². The highest BCUT2D eigenvalue weighted by Crippen LogP contribution is 2.19. The largest absolute Gasteiger partial charge is 0.361 e. The normalized spacial score (nSPS) is 11.1. The molecule has 0 aliphatic rings. The van der Waals surface area contributed by atoms with Crippen molar-refractivity contribution in [2.75, 3.05) is 34.2 Å². The van der Waals surface area contributed by atoms with E-state index in [1.807, 2.05) is 0 Å². The van der Waals surface area contributed by atoms with E-state index in [1.165, 1.54) is 22.0 Å². The van der Waals surface area contributed by atoms with E-state index in [0.717, 1.165) is 18.9 Å². The maximum atomic E-state index is 11.6. The van der Waals surface area contributed by atoms with Gasteiger partial charge in [-0.05, 0) is 30.5 Å². The summed E-state index contributed by atoms with van der Waals surface area (Å²) in [5, 5.41) is 7.72. The number of nitrogens with zero attached hydrogens (tertiary/aromatic N) is 2. The summed E-state index contributed by atoms with van der Waals surface area (Å²) < 4.78 is 0. The van der Waals surface area contributed by atoms with Crippen molar-refractivity contribution in [1.82, 2.24) is 20.5 Å². The van der Waals surface area contributed by atoms with Gasteiger partial charge in [0, 0.05) is 57.8 Å². The Morgan fingerprint density at radius 1 is 1.24 bits per heavy atom. The van der Waals surface area contributed by atoms with Crippen LogP contribution in [0.1, 0.15) is 17.5 Å². The fourth-order valence-corrected chi connectivity index (χ4v) is 2.55. The van der Waals surface area contributed by atoms with Gasteiger partial charge in [0.05, 0.1) is 0 Å². The van der Waals surface area contributed by atoms with Crippen molar-refractivity contribution in [3.8, 4) is 0 Å². The molecule has 1 heterocycles. The van der Waals surface area contributed by atoms with Crippen molar-refractivity contribution in [2.45, 2.75) is 19.8 Å². The zero-order valence-electron chi connectivity index (χ0n) is 15.3. The zero-order valence-corrected chi connectivity index (χ0v) is 17.7. The molecule has 3 N–H and O–H groups in total. The van der Waals surface area contributed by atoms with Crippen LogP contribution in [-0.2, 0) is 11.2 Å². The SMILES string of the molecule is CN=C(NCCC(=O)N(C)C)NCCc1c[nH]c2cc(C)ccc12.I. The summed E-state index contributed by atoms with van der Waals surface area (Å²) in [5.41, 5.74) is 3.72. The summed E-state index contributed by atoms with van der Waals surface area (Å²) in [5.74, 6) is 0.823. The molecule has 0 bridgehead atoms. The van der Waals surface area contributed by atoms with Gasteiger partial charge >= 0.3 is 0 Å². The molecule has 1 amide bonds. The number of rotatable bonds is 6. The molecule has 6 nitrogen and oxygen atoms in total. The van der Waals surface area contributed by atoms with E-state index < -0.39 is 0 Å². The lowest BCUT2D eigenvalue weighted by Crippen LogP contribution is -2.40. The summed E-state index contributed by atoms with van der Waals surface area (Å²) >= 11 is 0. The molecule has 0 saturated carbocycles. The number of aromatic amines is 1. The van der Waals surface area contributed by atoms with Crippen LogP contribution in [0.5, 0.6) is 0 Å². The Morgan fingerprint density at radius 3 is 2.64 bits per heavy atom. The van der Waals surface area contributed by atoms with Crippen molar-refractivity contribution in [2.24, 2.45) is 4.99 Å². The number of guanidine groups is 1. The number of carbonyl (C=O) groups is 1. The fourth-order valence-electron chi connectivity index (χ4n) is 2.55. The van der Waals surface area contributed by atoms with Crippen LogP contribution in [0.2, 0.25) is 0 Å². The number of aryl methyl sites for hydroxylation is 1. The smallest absolute Gasteiger partial charge is 0.223 e. The van der Waals surface area contributed by atoms with E-state index in [1.54, 1.807) is 26.0 Å². The van der Waals surface area contributed by atoms with Gasteiger partial charge in [-0.2, -0.15) is 0 Å². The molecule has 2 rings (SSSR count). The monoisotopic (exact) mass is 457 g/mol. The van der Waals surface area contributed by atoms with Crippen molar-refractivity contribution < 1.29 is 4.79 Å². The van der Waals surface area contributed by atoms with Gasteiger partial charge in [0.2, 0.25) is 5.91 Å². The molecule has 0 aliphatic carbocycles. The maximum absolute atomic E-state index is 11.6. The van der Waals surface area contributed by atoms with E-state index >= 15 is 0 Å². The number of H-pyrrole nitrogens is 1. The van der Waals surface area contributed by atoms with Gasteiger partial charge < -0.3 is 20.5 Å². The van der Waals surface area contributed by atoms with Gasteiger partial charge in [-0.1, -0.05) is 12.1 Å². The fraction of sp³-hybridized carbons (Fsp3) is 0.444. The second-order valence-corrected chi connectivity index (χ2v) is 6.08. The molecule has 0 saturated heterocycles. The molecule has 7 heteroatoms. The highest BCUT2D eigenvalue weighted by Gasteiger charge is 2.06. The minimum absolute atomic E-state index is 0. The van der Waals surface area contributed by atoms with Crippen LogP contribution in [0.3, 0.4) is 0 Å². The number of aliphatic imine (C=N–C) groups is 1. The van der Waals surface area contributed by atoms with Crippen LogP contribution < -0.4 is 10.6 Å². The van der Waals surface area contributed by atoms with Crippen LogP contribution in [0.25, 0.3) is 10.9 Å². The summed E-state index contributed by atoms with van der Waals surface area (Å²) in [6.07, 6.45) is 3.42. The molecule has 138 valence electrons. The molecule has 0 atom stereocenters. The first-order chi connectivity index (χ1) is 11.5. The summed E-state index contributed by atoms with van der Waals surface area (Å²) in [7, 11) is 5.26. The van der Waals surface area contributed by atoms with Gasteiger partial charge in [0.15, 0.2) is 5.96 Å². The highest BCUT2D eigenvalue weighted by atomic mass is 127. The first-order valence-electron chi connectivity index (χ1n) is 8.22. The number of hydrogen-bond acceptors (Lipinski definition) is 2. The lowest BCUT2D eigenvalue weighted by atomic mass is 10.1. The number of benzene rings is 1. The number of amides is 1. The second-order valence-electron chi connectivity index (χ2n) is 6.08. The van der Waals surface area contributed by atoms with Crippen molar-refractivity contribution in [1.29, 1.82) is 0 Å². The molecule has 0 unspecified atom stereocenters. The number of fused-ring (bicyclic) bond motifs is 1. The molecule has 1 aromatic heterocycles. The Kier molecular flexibility index (Phi) is 8.74. The topological polar surface area (TPSA) is 72.5 Å². The third-order valence-corrected chi connectivity index (χ3v) is 3.96. The number of hydrogen-bond donors (Lipinski definition) is 3.